The maximum absolute atomic E-state index is 13.5. The van der Waals surface area contributed by atoms with Gasteiger partial charge in [-0.05, 0) is 56.4 Å². The molecule has 2 aliphatic heterocycles. The molecule has 10 heteroatoms. The van der Waals surface area contributed by atoms with E-state index < -0.39 is 5.97 Å². The number of aromatic nitrogens is 3. The first-order valence-electron chi connectivity index (χ1n) is 14.1. The van der Waals surface area contributed by atoms with Gasteiger partial charge in [0.15, 0.2) is 5.82 Å². The third-order valence-electron chi connectivity index (χ3n) is 8.15. The number of aromatic carboxylic acids is 1. The van der Waals surface area contributed by atoms with Crippen LogP contribution < -0.4 is 11.0 Å². The Balaban J connectivity index is 1.30. The van der Waals surface area contributed by atoms with Crippen molar-refractivity contribution >= 4 is 11.9 Å². The monoisotopic (exact) mass is 541 g/mol. The highest BCUT2D eigenvalue weighted by molar-refractivity contribution is 5.95. The van der Waals surface area contributed by atoms with Crippen LogP contribution in [0.5, 0.6) is 0 Å². The Labute approximate surface area is 233 Å². The van der Waals surface area contributed by atoms with E-state index in [9.17, 15) is 14.7 Å². The van der Waals surface area contributed by atoms with Crippen LogP contribution in [-0.4, -0.2) is 61.3 Å². The lowest BCUT2D eigenvalue weighted by Gasteiger charge is -2.36. The van der Waals surface area contributed by atoms with E-state index in [1.54, 1.807) is 4.68 Å². The Morgan fingerprint density at radius 2 is 1.98 bits per heavy atom. The fourth-order valence-electron chi connectivity index (χ4n) is 6.10. The lowest BCUT2D eigenvalue weighted by molar-refractivity contribution is 0.0600. The summed E-state index contributed by atoms with van der Waals surface area (Å²) in [5.74, 6) is -0.204. The molecular weight excluding hydrogens is 506 g/mol. The van der Waals surface area contributed by atoms with E-state index in [0.29, 0.717) is 28.8 Å². The number of carbonyl (C=O) groups is 2. The number of rotatable bonds is 8. The summed E-state index contributed by atoms with van der Waals surface area (Å²) >= 11 is 0. The van der Waals surface area contributed by atoms with E-state index in [-0.39, 0.29) is 23.3 Å². The van der Waals surface area contributed by atoms with Crippen molar-refractivity contribution in [3.05, 3.63) is 77.4 Å². The van der Waals surface area contributed by atoms with Crippen LogP contribution >= 0.6 is 0 Å². The Morgan fingerprint density at radius 3 is 2.75 bits per heavy atom. The topological polar surface area (TPSA) is 116 Å². The second kappa shape index (κ2) is 10.8. The van der Waals surface area contributed by atoms with Crippen molar-refractivity contribution in [2.75, 3.05) is 13.6 Å². The molecule has 1 saturated heterocycles. The zero-order chi connectivity index (χ0) is 27.8. The van der Waals surface area contributed by atoms with E-state index in [1.807, 2.05) is 65.6 Å². The van der Waals surface area contributed by atoms with Gasteiger partial charge < -0.3 is 15.4 Å². The number of benzene rings is 1. The van der Waals surface area contributed by atoms with Gasteiger partial charge in [0, 0.05) is 54.5 Å². The first-order chi connectivity index (χ1) is 19.4. The molecule has 3 aromatic rings. The van der Waals surface area contributed by atoms with Crippen LogP contribution in [0, 0.1) is 5.92 Å². The van der Waals surface area contributed by atoms with Crippen LogP contribution in [0.25, 0.3) is 17.1 Å². The molecule has 40 heavy (non-hydrogen) atoms. The van der Waals surface area contributed by atoms with E-state index in [1.165, 1.54) is 12.6 Å². The molecule has 0 radical (unpaired) electrons. The number of hydrogen-bond donors (Lipinski definition) is 3. The van der Waals surface area contributed by atoms with Crippen LogP contribution in [0.1, 0.15) is 77.8 Å². The van der Waals surface area contributed by atoms with Gasteiger partial charge in [0.25, 0.3) is 5.91 Å². The molecule has 208 valence electrons. The molecule has 1 aromatic carbocycles. The van der Waals surface area contributed by atoms with Crippen LogP contribution in [0.15, 0.2) is 60.6 Å². The van der Waals surface area contributed by atoms with Gasteiger partial charge in [-0.1, -0.05) is 31.5 Å². The highest BCUT2D eigenvalue weighted by Gasteiger charge is 2.46. The number of hydrazine groups is 2. The lowest BCUT2D eigenvalue weighted by Crippen LogP contribution is -2.43. The standard InChI is InChI=1S/C30H35N7O3/c1-3-8-21-11-4-5-14-36(21)29(38)20-10-6-9-19(15-20)25-12-7-13-27(32-25)37-28(24(17-31-37)30(39)40)23-16-22(23)26-18-35(2)34-33-26/h6-7,9-10,12-13,15,17-18,21-23,33-34H,3-5,8,11,14,16H2,1-2H3,(H,39,40)/t21-,22?,23?/m1/s1. The number of allylic oxidation sites excluding steroid dienone is 1. The van der Waals surface area contributed by atoms with Gasteiger partial charge in [0.2, 0.25) is 0 Å². The van der Waals surface area contributed by atoms with Crippen molar-refractivity contribution in [2.45, 2.75) is 57.4 Å². The smallest absolute Gasteiger partial charge is 0.339 e. The fraction of sp³-hybridized carbons (Fsp3) is 0.400. The highest BCUT2D eigenvalue weighted by atomic mass is 16.4. The molecule has 0 bridgehead atoms. The Kier molecular flexibility index (Phi) is 7.02. The molecule has 1 saturated carbocycles. The van der Waals surface area contributed by atoms with Crippen LogP contribution in [0.4, 0.5) is 0 Å². The molecule has 1 amide bonds. The predicted molar refractivity (Wildman–Crippen MR) is 150 cm³/mol. The number of carboxylic acid groups (broad SMARTS) is 1. The molecule has 10 nitrogen and oxygen atoms in total. The molecule has 3 aliphatic rings. The van der Waals surface area contributed by atoms with Gasteiger partial charge in [-0.15, -0.1) is 5.53 Å². The molecule has 2 aromatic heterocycles. The van der Waals surface area contributed by atoms with E-state index >= 15 is 0 Å². The van der Waals surface area contributed by atoms with E-state index in [2.05, 4.69) is 23.0 Å². The summed E-state index contributed by atoms with van der Waals surface area (Å²) < 4.78 is 1.66. The summed E-state index contributed by atoms with van der Waals surface area (Å²) in [5.41, 5.74) is 10.2. The number of amides is 1. The average Bonchev–Trinajstić information content (AvgIpc) is 3.41. The van der Waals surface area contributed by atoms with Gasteiger partial charge in [0.05, 0.1) is 17.6 Å². The number of carboxylic acids is 1. The summed E-state index contributed by atoms with van der Waals surface area (Å²) in [4.78, 5) is 32.6. The van der Waals surface area contributed by atoms with E-state index in [0.717, 1.165) is 49.9 Å². The number of hydrogen-bond acceptors (Lipinski definition) is 7. The van der Waals surface area contributed by atoms with Crippen molar-refractivity contribution in [1.82, 2.24) is 35.6 Å². The van der Waals surface area contributed by atoms with Gasteiger partial charge in [-0.3, -0.25) is 9.80 Å². The Hall–Kier alpha value is -4.18. The summed E-state index contributed by atoms with van der Waals surface area (Å²) in [6.07, 6.45) is 9.58. The molecule has 6 rings (SSSR count). The van der Waals surface area contributed by atoms with Crippen molar-refractivity contribution in [3.63, 3.8) is 0 Å². The predicted octanol–water partition coefficient (Wildman–Crippen LogP) is 4.33. The molecule has 2 unspecified atom stereocenters. The second-order valence-electron chi connectivity index (χ2n) is 10.9. The largest absolute Gasteiger partial charge is 0.478 e. The van der Waals surface area contributed by atoms with Gasteiger partial charge >= 0.3 is 5.97 Å². The zero-order valence-electron chi connectivity index (χ0n) is 22.9. The first-order valence-corrected chi connectivity index (χ1v) is 14.1. The van der Waals surface area contributed by atoms with Crippen molar-refractivity contribution < 1.29 is 14.7 Å². The second-order valence-corrected chi connectivity index (χ2v) is 10.9. The van der Waals surface area contributed by atoms with Crippen molar-refractivity contribution in [2.24, 2.45) is 5.92 Å². The molecule has 2 fully saturated rings. The molecule has 1 aliphatic carbocycles. The lowest BCUT2D eigenvalue weighted by atomic mass is 9.96. The number of carbonyl (C=O) groups excluding carboxylic acids is 1. The highest BCUT2D eigenvalue weighted by Crippen LogP contribution is 2.52. The number of nitrogens with zero attached hydrogens (tertiary/aromatic N) is 5. The SMILES string of the molecule is CCC[C@@H]1CCCCN1C(=O)c1cccc(-c2cccc(-n3ncc(C(=O)O)c3C3CC3C3=CN(C)NN3)n2)c1. The third-order valence-corrected chi connectivity index (χ3v) is 8.15. The molecule has 4 heterocycles. The third kappa shape index (κ3) is 4.95. The molecule has 3 N–H and O–H groups in total. The summed E-state index contributed by atoms with van der Waals surface area (Å²) in [7, 11) is 1.90. The van der Waals surface area contributed by atoms with Crippen molar-refractivity contribution in [1.29, 1.82) is 0 Å². The number of likely N-dealkylation sites (tertiary alicyclic amines) is 1. The minimum absolute atomic E-state index is 0.00710. The summed E-state index contributed by atoms with van der Waals surface area (Å²) in [6.45, 7) is 2.97. The minimum Gasteiger partial charge on any atom is -0.478 e. The van der Waals surface area contributed by atoms with Crippen LogP contribution in [-0.2, 0) is 0 Å². The summed E-state index contributed by atoms with van der Waals surface area (Å²) in [6, 6.07) is 13.6. The fourth-order valence-corrected chi connectivity index (χ4v) is 6.10. The minimum atomic E-state index is -1.00. The Bertz CT molecular complexity index is 1460. The molecule has 0 spiro atoms. The zero-order valence-corrected chi connectivity index (χ0v) is 22.9. The average molecular weight is 542 g/mol. The van der Waals surface area contributed by atoms with Gasteiger partial charge in [-0.2, -0.15) is 5.10 Å². The van der Waals surface area contributed by atoms with Gasteiger partial charge in [0.1, 0.15) is 5.56 Å². The Morgan fingerprint density at radius 1 is 1.12 bits per heavy atom. The molecule has 3 atom stereocenters. The molecular formula is C30H35N7O3. The maximum Gasteiger partial charge on any atom is 0.339 e. The normalized spacial score (nSPS) is 22.1. The van der Waals surface area contributed by atoms with Crippen molar-refractivity contribution in [3.8, 4) is 17.1 Å². The quantitative estimate of drug-likeness (QED) is 0.386. The van der Waals surface area contributed by atoms with E-state index in [4.69, 9.17) is 4.98 Å². The van der Waals surface area contributed by atoms with Crippen LogP contribution in [0.2, 0.25) is 0 Å². The maximum atomic E-state index is 13.5. The summed E-state index contributed by atoms with van der Waals surface area (Å²) in [5, 5.41) is 16.2. The van der Waals surface area contributed by atoms with Gasteiger partial charge in [-0.25, -0.2) is 14.5 Å². The number of nitrogens with one attached hydrogen (secondary N) is 2. The number of piperidine rings is 1. The van der Waals surface area contributed by atoms with Crippen LogP contribution in [0.3, 0.4) is 0 Å². The number of pyridine rings is 1. The first kappa shape index (κ1) is 26.1.